The van der Waals surface area contributed by atoms with Gasteiger partial charge in [-0.2, -0.15) is 0 Å². The number of hydrogen-bond donors (Lipinski definition) is 2. The summed E-state index contributed by atoms with van der Waals surface area (Å²) in [4.78, 5) is 29.6. The van der Waals surface area contributed by atoms with E-state index in [9.17, 15) is 14.7 Å². The SMILES string of the molecule is Cc1ccc(C(=O)O)cc1Nc1ncc(C(=O)N(C)C)c2c(Cl)cccc12. The van der Waals surface area contributed by atoms with Crippen molar-refractivity contribution in [2.45, 2.75) is 6.92 Å². The minimum Gasteiger partial charge on any atom is -0.478 e. The Hall–Kier alpha value is -3.12. The molecule has 1 heterocycles. The Morgan fingerprint density at radius 2 is 1.93 bits per heavy atom. The third-order valence-corrected chi connectivity index (χ3v) is 4.55. The maximum Gasteiger partial charge on any atom is 0.335 e. The Morgan fingerprint density at radius 1 is 1.19 bits per heavy atom. The fourth-order valence-corrected chi connectivity index (χ4v) is 3.05. The number of aromatic carboxylic acids is 1. The molecule has 0 unspecified atom stereocenters. The number of hydrogen-bond acceptors (Lipinski definition) is 4. The number of fused-ring (bicyclic) bond motifs is 1. The van der Waals surface area contributed by atoms with Gasteiger partial charge in [-0.05, 0) is 30.7 Å². The van der Waals surface area contributed by atoms with Crippen molar-refractivity contribution in [3.05, 3.63) is 64.3 Å². The third-order valence-electron chi connectivity index (χ3n) is 4.23. The average molecular weight is 384 g/mol. The average Bonchev–Trinajstić information content (AvgIpc) is 2.63. The van der Waals surface area contributed by atoms with Gasteiger partial charge in [0.25, 0.3) is 5.91 Å². The highest BCUT2D eigenvalue weighted by Crippen LogP contribution is 2.33. The first-order valence-corrected chi connectivity index (χ1v) is 8.57. The number of carbonyl (C=O) groups excluding carboxylic acids is 1. The van der Waals surface area contributed by atoms with Crippen molar-refractivity contribution in [3.63, 3.8) is 0 Å². The van der Waals surface area contributed by atoms with E-state index in [1.807, 2.05) is 13.0 Å². The van der Waals surface area contributed by atoms with Gasteiger partial charge in [-0.1, -0.05) is 29.8 Å². The highest BCUT2D eigenvalue weighted by atomic mass is 35.5. The number of rotatable bonds is 4. The number of nitrogens with zero attached hydrogens (tertiary/aromatic N) is 2. The second kappa shape index (κ2) is 7.25. The van der Waals surface area contributed by atoms with Gasteiger partial charge in [0.05, 0.1) is 11.1 Å². The summed E-state index contributed by atoms with van der Waals surface area (Å²) in [5, 5.41) is 14.1. The maximum atomic E-state index is 12.5. The number of aryl methyl sites for hydroxylation is 1. The molecule has 0 spiro atoms. The minimum absolute atomic E-state index is 0.171. The number of nitrogens with one attached hydrogen (secondary N) is 1. The Bertz CT molecular complexity index is 1060. The van der Waals surface area contributed by atoms with Crippen LogP contribution in [0.4, 0.5) is 11.5 Å². The molecule has 0 bridgehead atoms. The molecule has 0 aliphatic carbocycles. The van der Waals surface area contributed by atoms with E-state index in [1.54, 1.807) is 44.4 Å². The number of pyridine rings is 1. The van der Waals surface area contributed by atoms with E-state index in [4.69, 9.17) is 11.6 Å². The minimum atomic E-state index is -1.01. The summed E-state index contributed by atoms with van der Waals surface area (Å²) in [7, 11) is 3.33. The molecule has 27 heavy (non-hydrogen) atoms. The molecule has 3 aromatic rings. The van der Waals surface area contributed by atoms with Crippen LogP contribution in [0.15, 0.2) is 42.6 Å². The van der Waals surface area contributed by atoms with Crippen LogP contribution in [0.1, 0.15) is 26.3 Å². The molecule has 0 saturated heterocycles. The van der Waals surface area contributed by atoms with Gasteiger partial charge in [0.15, 0.2) is 0 Å². The molecule has 0 saturated carbocycles. The van der Waals surface area contributed by atoms with Gasteiger partial charge in [0.2, 0.25) is 0 Å². The molecule has 0 atom stereocenters. The molecular formula is C20H18ClN3O3. The molecule has 2 aromatic carbocycles. The molecule has 0 fully saturated rings. The number of benzene rings is 2. The van der Waals surface area contributed by atoms with Crippen molar-refractivity contribution in [2.75, 3.05) is 19.4 Å². The molecular weight excluding hydrogens is 366 g/mol. The maximum absolute atomic E-state index is 12.5. The predicted molar refractivity (Wildman–Crippen MR) is 106 cm³/mol. The highest BCUT2D eigenvalue weighted by molar-refractivity contribution is 6.37. The third kappa shape index (κ3) is 3.57. The normalized spacial score (nSPS) is 10.7. The summed E-state index contributed by atoms with van der Waals surface area (Å²) < 4.78 is 0. The topological polar surface area (TPSA) is 82.5 Å². The zero-order valence-electron chi connectivity index (χ0n) is 15.1. The molecule has 1 aromatic heterocycles. The quantitative estimate of drug-likeness (QED) is 0.700. The van der Waals surface area contributed by atoms with Crippen LogP contribution in [0.2, 0.25) is 5.02 Å². The molecule has 0 aliphatic rings. The number of carboxylic acid groups (broad SMARTS) is 1. The van der Waals surface area contributed by atoms with Crippen molar-refractivity contribution >= 4 is 45.8 Å². The fourth-order valence-electron chi connectivity index (χ4n) is 2.78. The highest BCUT2D eigenvalue weighted by Gasteiger charge is 2.18. The molecule has 1 amide bonds. The van der Waals surface area contributed by atoms with Crippen molar-refractivity contribution < 1.29 is 14.7 Å². The molecule has 0 radical (unpaired) electrons. The van der Waals surface area contributed by atoms with E-state index in [0.29, 0.717) is 32.9 Å². The fraction of sp³-hybridized carbons (Fsp3) is 0.150. The molecule has 3 rings (SSSR count). The Kier molecular flexibility index (Phi) is 5.01. The molecule has 2 N–H and O–H groups in total. The largest absolute Gasteiger partial charge is 0.478 e. The van der Waals surface area contributed by atoms with Gasteiger partial charge >= 0.3 is 5.97 Å². The van der Waals surface area contributed by atoms with Crippen LogP contribution in [-0.2, 0) is 0 Å². The second-order valence-electron chi connectivity index (χ2n) is 6.34. The lowest BCUT2D eigenvalue weighted by molar-refractivity contribution is 0.0696. The van der Waals surface area contributed by atoms with E-state index in [2.05, 4.69) is 10.3 Å². The molecule has 138 valence electrons. The van der Waals surface area contributed by atoms with Gasteiger partial charge in [-0.15, -0.1) is 0 Å². The summed E-state index contributed by atoms with van der Waals surface area (Å²) in [5.74, 6) is -0.713. The summed E-state index contributed by atoms with van der Waals surface area (Å²) in [6.07, 6.45) is 1.48. The lowest BCUT2D eigenvalue weighted by atomic mass is 10.1. The number of aromatic nitrogens is 1. The van der Waals surface area contributed by atoms with Gasteiger partial charge in [0, 0.05) is 41.8 Å². The summed E-state index contributed by atoms with van der Waals surface area (Å²) in [6.45, 7) is 1.87. The Morgan fingerprint density at radius 3 is 2.59 bits per heavy atom. The lowest BCUT2D eigenvalue weighted by Crippen LogP contribution is -2.22. The van der Waals surface area contributed by atoms with E-state index in [0.717, 1.165) is 5.56 Å². The predicted octanol–water partition coefficient (Wildman–Crippen LogP) is 4.34. The van der Waals surface area contributed by atoms with Crippen molar-refractivity contribution in [1.29, 1.82) is 0 Å². The van der Waals surface area contributed by atoms with E-state index in [-0.39, 0.29) is 11.5 Å². The molecule has 0 aliphatic heterocycles. The molecule has 6 nitrogen and oxygen atoms in total. The van der Waals surface area contributed by atoms with Crippen LogP contribution in [0, 0.1) is 6.92 Å². The van der Waals surface area contributed by atoms with E-state index < -0.39 is 5.97 Å². The van der Waals surface area contributed by atoms with Crippen LogP contribution < -0.4 is 5.32 Å². The zero-order valence-corrected chi connectivity index (χ0v) is 15.8. The first kappa shape index (κ1) is 18.7. The van der Waals surface area contributed by atoms with Crippen molar-refractivity contribution in [1.82, 2.24) is 9.88 Å². The number of carboxylic acids is 1. The van der Waals surface area contributed by atoms with Crippen LogP contribution in [0.25, 0.3) is 10.8 Å². The van der Waals surface area contributed by atoms with Crippen LogP contribution in [0.3, 0.4) is 0 Å². The first-order valence-electron chi connectivity index (χ1n) is 8.19. The van der Waals surface area contributed by atoms with Gasteiger partial charge in [0.1, 0.15) is 5.82 Å². The number of anilines is 2. The van der Waals surface area contributed by atoms with Gasteiger partial charge in [-0.25, -0.2) is 9.78 Å². The second-order valence-corrected chi connectivity index (χ2v) is 6.75. The van der Waals surface area contributed by atoms with Gasteiger partial charge < -0.3 is 15.3 Å². The summed E-state index contributed by atoms with van der Waals surface area (Å²) in [5.41, 5.74) is 2.06. The number of halogens is 1. The first-order chi connectivity index (χ1) is 12.8. The smallest absolute Gasteiger partial charge is 0.335 e. The monoisotopic (exact) mass is 383 g/mol. The number of carbonyl (C=O) groups is 2. The van der Waals surface area contributed by atoms with Crippen molar-refractivity contribution in [3.8, 4) is 0 Å². The Labute approximate surface area is 161 Å². The van der Waals surface area contributed by atoms with Crippen LogP contribution >= 0.6 is 11.6 Å². The zero-order chi connectivity index (χ0) is 19.7. The molecule has 7 heteroatoms. The van der Waals surface area contributed by atoms with E-state index in [1.165, 1.54) is 11.1 Å². The van der Waals surface area contributed by atoms with E-state index >= 15 is 0 Å². The standard InChI is InChI=1S/C20H18ClN3O3/c1-11-7-8-12(20(26)27)9-16(11)23-18-13-5-4-6-15(21)17(13)14(10-22-18)19(25)24(2)3/h4-10H,1-3H3,(H,22,23)(H,26,27). The lowest BCUT2D eigenvalue weighted by Gasteiger charge is -2.16. The van der Waals surface area contributed by atoms with Crippen LogP contribution in [0.5, 0.6) is 0 Å². The Balaban J connectivity index is 2.16. The number of amides is 1. The summed E-state index contributed by atoms with van der Waals surface area (Å²) in [6, 6.07) is 10.1. The van der Waals surface area contributed by atoms with Gasteiger partial charge in [-0.3, -0.25) is 4.79 Å². The van der Waals surface area contributed by atoms with Crippen LogP contribution in [-0.4, -0.2) is 41.0 Å². The summed E-state index contributed by atoms with van der Waals surface area (Å²) >= 11 is 6.38. The van der Waals surface area contributed by atoms with Crippen molar-refractivity contribution in [2.24, 2.45) is 0 Å².